The van der Waals surface area contributed by atoms with Gasteiger partial charge in [0.05, 0.1) is 5.69 Å². The minimum atomic E-state index is 0.202. The van der Waals surface area contributed by atoms with Crippen molar-refractivity contribution in [3.05, 3.63) is 24.0 Å². The molecule has 17 heavy (non-hydrogen) atoms. The fourth-order valence-corrected chi connectivity index (χ4v) is 2.87. The Morgan fingerprint density at radius 3 is 3.12 bits per heavy atom. The monoisotopic (exact) mass is 235 g/mol. The van der Waals surface area contributed by atoms with Gasteiger partial charge in [0.25, 0.3) is 0 Å². The van der Waals surface area contributed by atoms with E-state index < -0.39 is 0 Å². The van der Waals surface area contributed by atoms with Crippen LogP contribution in [0.4, 0.5) is 0 Å². The molecule has 0 radical (unpaired) electrons. The third kappa shape index (κ3) is 2.46. The van der Waals surface area contributed by atoms with Crippen LogP contribution in [0.2, 0.25) is 0 Å². The molecule has 1 aliphatic carbocycles. The zero-order valence-electron chi connectivity index (χ0n) is 10.3. The molecule has 1 aliphatic rings. The van der Waals surface area contributed by atoms with E-state index in [9.17, 15) is 0 Å². The van der Waals surface area contributed by atoms with Gasteiger partial charge in [0.1, 0.15) is 0 Å². The maximum absolute atomic E-state index is 8.78. The van der Waals surface area contributed by atoms with Crippen molar-refractivity contribution in [2.24, 2.45) is 16.8 Å². The summed E-state index contributed by atoms with van der Waals surface area (Å²) in [5.74, 6) is 1.02. The average Bonchev–Trinajstić information content (AvgIpc) is 2.87. The van der Waals surface area contributed by atoms with Crippen LogP contribution in [0.25, 0.3) is 0 Å². The Morgan fingerprint density at radius 1 is 1.59 bits per heavy atom. The Bertz CT molecular complexity index is 397. The Balaban J connectivity index is 2.19. The summed E-state index contributed by atoms with van der Waals surface area (Å²) in [4.78, 5) is 0. The second kappa shape index (κ2) is 5.25. The minimum Gasteiger partial charge on any atom is -0.409 e. The van der Waals surface area contributed by atoms with Crippen molar-refractivity contribution in [2.45, 2.75) is 45.1 Å². The van der Waals surface area contributed by atoms with Crippen LogP contribution in [-0.2, 0) is 0 Å². The molecule has 0 bridgehead atoms. The molecule has 0 saturated heterocycles. The van der Waals surface area contributed by atoms with Crippen LogP contribution < -0.4 is 5.73 Å². The van der Waals surface area contributed by atoms with Crippen molar-refractivity contribution in [3.63, 3.8) is 0 Å². The van der Waals surface area contributed by atoms with Crippen LogP contribution in [0.1, 0.15) is 50.8 Å². The summed E-state index contributed by atoms with van der Waals surface area (Å²) in [6.45, 7) is 2.26. The van der Waals surface area contributed by atoms with Crippen molar-refractivity contribution in [2.75, 3.05) is 0 Å². The zero-order chi connectivity index (χ0) is 12.3. The van der Waals surface area contributed by atoms with Crippen molar-refractivity contribution < 1.29 is 5.21 Å². The summed E-state index contributed by atoms with van der Waals surface area (Å²) in [7, 11) is 0. The molecule has 2 atom stereocenters. The number of oxime groups is 1. The van der Waals surface area contributed by atoms with E-state index >= 15 is 0 Å². The molecule has 1 aromatic heterocycles. The number of nitrogens with two attached hydrogens (primary N) is 1. The number of hydrogen-bond donors (Lipinski definition) is 2. The van der Waals surface area contributed by atoms with Crippen LogP contribution in [0, 0.1) is 5.92 Å². The van der Waals surface area contributed by atoms with Crippen LogP contribution in [0.15, 0.2) is 23.5 Å². The van der Waals surface area contributed by atoms with Crippen LogP contribution >= 0.6 is 0 Å². The highest BCUT2D eigenvalue weighted by atomic mass is 16.4. The van der Waals surface area contributed by atoms with Gasteiger partial charge in [-0.2, -0.15) is 0 Å². The van der Waals surface area contributed by atoms with Gasteiger partial charge in [0.2, 0.25) is 0 Å². The lowest BCUT2D eigenvalue weighted by Gasteiger charge is -2.30. The van der Waals surface area contributed by atoms with E-state index in [2.05, 4.69) is 16.6 Å². The molecule has 0 amide bonds. The number of rotatable bonds is 3. The molecule has 1 saturated carbocycles. The van der Waals surface area contributed by atoms with Crippen molar-refractivity contribution in [1.29, 1.82) is 0 Å². The lowest BCUT2D eigenvalue weighted by molar-refractivity contribution is 0.260. The first-order valence-corrected chi connectivity index (χ1v) is 6.41. The van der Waals surface area contributed by atoms with Gasteiger partial charge in [-0.1, -0.05) is 31.3 Å². The summed E-state index contributed by atoms with van der Waals surface area (Å²) in [6.07, 6.45) is 8.30. The van der Waals surface area contributed by atoms with E-state index in [1.54, 1.807) is 0 Å². The lowest BCUT2D eigenvalue weighted by Crippen LogP contribution is -2.24. The molecule has 2 unspecified atom stereocenters. The van der Waals surface area contributed by atoms with Crippen LogP contribution in [0.3, 0.4) is 0 Å². The van der Waals surface area contributed by atoms with Crippen LogP contribution in [-0.4, -0.2) is 15.6 Å². The molecule has 3 N–H and O–H groups in total. The second-order valence-electron chi connectivity index (χ2n) is 4.88. The number of aromatic nitrogens is 1. The summed E-state index contributed by atoms with van der Waals surface area (Å²) >= 11 is 0. The predicted octanol–water partition coefficient (Wildman–Crippen LogP) is 2.72. The Hall–Kier alpha value is -1.45. The van der Waals surface area contributed by atoms with Gasteiger partial charge in [0.15, 0.2) is 5.84 Å². The number of amidine groups is 1. The van der Waals surface area contributed by atoms with E-state index in [0.717, 1.165) is 11.6 Å². The smallest absolute Gasteiger partial charge is 0.186 e. The van der Waals surface area contributed by atoms with Gasteiger partial charge in [-0.15, -0.1) is 0 Å². The average molecular weight is 235 g/mol. The third-order valence-corrected chi connectivity index (χ3v) is 3.87. The Kier molecular flexibility index (Phi) is 3.71. The molecule has 4 heteroatoms. The van der Waals surface area contributed by atoms with Gasteiger partial charge < -0.3 is 15.5 Å². The van der Waals surface area contributed by atoms with E-state index in [4.69, 9.17) is 10.9 Å². The van der Waals surface area contributed by atoms with Crippen molar-refractivity contribution >= 4 is 5.84 Å². The Labute approximate surface area is 102 Å². The largest absolute Gasteiger partial charge is 0.409 e. The minimum absolute atomic E-state index is 0.202. The third-order valence-electron chi connectivity index (χ3n) is 3.87. The first kappa shape index (κ1) is 12.0. The summed E-state index contributed by atoms with van der Waals surface area (Å²) in [6, 6.07) is 4.37. The number of hydrogen-bond acceptors (Lipinski definition) is 2. The lowest BCUT2D eigenvalue weighted by atomic mass is 9.84. The predicted molar refractivity (Wildman–Crippen MR) is 68.2 cm³/mol. The molecule has 2 rings (SSSR count). The highest BCUT2D eigenvalue weighted by Gasteiger charge is 2.23. The van der Waals surface area contributed by atoms with Crippen molar-refractivity contribution in [1.82, 2.24) is 4.57 Å². The molecule has 0 aliphatic heterocycles. The molecule has 94 valence electrons. The van der Waals surface area contributed by atoms with Gasteiger partial charge in [-0.05, 0) is 30.9 Å². The van der Waals surface area contributed by atoms with Gasteiger partial charge in [0, 0.05) is 12.2 Å². The normalized spacial score (nSPS) is 26.1. The molecule has 1 heterocycles. The van der Waals surface area contributed by atoms with E-state index in [0.29, 0.717) is 6.04 Å². The van der Waals surface area contributed by atoms with Gasteiger partial charge in [-0.25, -0.2) is 0 Å². The van der Waals surface area contributed by atoms with E-state index in [-0.39, 0.29) is 5.84 Å². The summed E-state index contributed by atoms with van der Waals surface area (Å²) in [5.41, 5.74) is 6.52. The second-order valence-corrected chi connectivity index (χ2v) is 4.88. The molecule has 0 aromatic carbocycles. The molecule has 1 aromatic rings. The van der Waals surface area contributed by atoms with Gasteiger partial charge >= 0.3 is 0 Å². The topological polar surface area (TPSA) is 63.5 Å². The SMILES string of the molecule is CCC1CCCC(n2cccc2/C(N)=N/O)C1. The molecule has 4 nitrogen and oxygen atoms in total. The van der Waals surface area contributed by atoms with Crippen molar-refractivity contribution in [3.8, 4) is 0 Å². The quantitative estimate of drug-likeness (QED) is 0.366. The first-order chi connectivity index (χ1) is 8.26. The van der Waals surface area contributed by atoms with Crippen LogP contribution in [0.5, 0.6) is 0 Å². The van der Waals surface area contributed by atoms with Gasteiger partial charge in [-0.3, -0.25) is 0 Å². The maximum atomic E-state index is 8.78. The zero-order valence-corrected chi connectivity index (χ0v) is 10.3. The highest BCUT2D eigenvalue weighted by Crippen LogP contribution is 2.34. The molecule has 0 spiro atoms. The standard InChI is InChI=1S/C13H21N3O/c1-2-10-5-3-6-11(9-10)16-8-4-7-12(16)13(14)15-17/h4,7-8,10-11,17H,2-3,5-6,9H2,1H3,(H2,14,15). The fraction of sp³-hybridized carbons (Fsp3) is 0.615. The summed E-state index contributed by atoms with van der Waals surface area (Å²) in [5, 5.41) is 11.9. The Morgan fingerprint density at radius 2 is 2.41 bits per heavy atom. The molecular formula is C13H21N3O. The summed E-state index contributed by atoms with van der Waals surface area (Å²) < 4.78 is 2.16. The van der Waals surface area contributed by atoms with E-state index in [1.165, 1.54) is 32.1 Å². The van der Waals surface area contributed by atoms with E-state index in [1.807, 2.05) is 18.3 Å². The first-order valence-electron chi connectivity index (χ1n) is 6.41. The fourth-order valence-electron chi connectivity index (χ4n) is 2.87. The molecule has 1 fully saturated rings. The number of nitrogens with zero attached hydrogens (tertiary/aromatic N) is 2. The molecular weight excluding hydrogens is 214 g/mol. The highest BCUT2D eigenvalue weighted by molar-refractivity contribution is 5.95. The maximum Gasteiger partial charge on any atom is 0.186 e.